The molecule has 1 rings (SSSR count). The van der Waals surface area contributed by atoms with E-state index in [4.69, 9.17) is 5.11 Å². The molecule has 94 valence electrons. The van der Waals surface area contributed by atoms with Gasteiger partial charge < -0.3 is 10.0 Å². The van der Waals surface area contributed by atoms with Crippen LogP contribution in [-0.2, 0) is 0 Å². The maximum Gasteiger partial charge on any atom is 0.259 e. The molecule has 0 fully saturated rings. The van der Waals surface area contributed by atoms with Crippen molar-refractivity contribution < 1.29 is 18.7 Å². The normalized spacial score (nSPS) is 10.4. The number of carbonyl (C=O) groups is 1. The summed E-state index contributed by atoms with van der Waals surface area (Å²) in [6.45, 7) is 1.74. The van der Waals surface area contributed by atoms with E-state index in [0.29, 0.717) is 0 Å². The number of nitrogens with zero attached hydrogens (tertiary/aromatic N) is 1. The lowest BCUT2D eigenvalue weighted by atomic mass is 10.1. The molecule has 6 heteroatoms. The molecule has 0 bridgehead atoms. The van der Waals surface area contributed by atoms with Crippen LogP contribution in [0.1, 0.15) is 17.3 Å². The van der Waals surface area contributed by atoms with Gasteiger partial charge in [-0.1, -0.05) is 15.9 Å². The number of hydrogen-bond acceptors (Lipinski definition) is 2. The van der Waals surface area contributed by atoms with E-state index >= 15 is 0 Å². The Bertz CT molecular complexity index is 403. The molecule has 0 aliphatic carbocycles. The van der Waals surface area contributed by atoms with Crippen molar-refractivity contribution in [2.75, 3.05) is 19.7 Å². The van der Waals surface area contributed by atoms with Crippen LogP contribution in [0.15, 0.2) is 16.6 Å². The third-order valence-electron chi connectivity index (χ3n) is 2.26. The van der Waals surface area contributed by atoms with E-state index in [1.165, 1.54) is 4.90 Å². The van der Waals surface area contributed by atoms with Gasteiger partial charge in [-0.3, -0.25) is 4.79 Å². The highest BCUT2D eigenvalue weighted by molar-refractivity contribution is 9.10. The molecule has 0 aliphatic rings. The molecule has 0 saturated carbocycles. The van der Waals surface area contributed by atoms with Crippen LogP contribution in [0, 0.1) is 11.6 Å². The monoisotopic (exact) mass is 307 g/mol. The molecule has 1 N–H and O–H groups in total. The Morgan fingerprint density at radius 2 is 1.94 bits per heavy atom. The van der Waals surface area contributed by atoms with E-state index in [1.54, 1.807) is 6.92 Å². The molecule has 1 amide bonds. The quantitative estimate of drug-likeness (QED) is 0.926. The van der Waals surface area contributed by atoms with Gasteiger partial charge >= 0.3 is 0 Å². The van der Waals surface area contributed by atoms with Crippen LogP contribution in [0.5, 0.6) is 0 Å². The number of aliphatic hydroxyl groups is 1. The summed E-state index contributed by atoms with van der Waals surface area (Å²) in [6, 6.07) is 2.06. The number of hydrogen-bond donors (Lipinski definition) is 1. The minimum atomic E-state index is -0.918. The molecule has 0 aromatic heterocycles. The molecule has 0 saturated heterocycles. The smallest absolute Gasteiger partial charge is 0.259 e. The number of carbonyl (C=O) groups excluding carboxylic acids is 1. The van der Waals surface area contributed by atoms with Crippen molar-refractivity contribution in [3.63, 3.8) is 0 Å². The summed E-state index contributed by atoms with van der Waals surface area (Å²) in [5.41, 5.74) is -0.594. The molecule has 0 unspecified atom stereocenters. The van der Waals surface area contributed by atoms with E-state index in [2.05, 4.69) is 15.9 Å². The summed E-state index contributed by atoms with van der Waals surface area (Å²) in [5, 5.41) is 8.76. The van der Waals surface area contributed by atoms with Gasteiger partial charge in [-0.05, 0) is 19.1 Å². The lowest BCUT2D eigenvalue weighted by Crippen LogP contribution is -2.34. The first kappa shape index (κ1) is 14.1. The van der Waals surface area contributed by atoms with Gasteiger partial charge in [-0.15, -0.1) is 0 Å². The van der Waals surface area contributed by atoms with Crippen LogP contribution in [0.25, 0.3) is 0 Å². The average molecular weight is 308 g/mol. The van der Waals surface area contributed by atoms with Crippen molar-refractivity contribution in [3.05, 3.63) is 33.8 Å². The van der Waals surface area contributed by atoms with Crippen molar-refractivity contribution in [1.29, 1.82) is 0 Å². The van der Waals surface area contributed by atoms with E-state index in [0.717, 1.165) is 12.1 Å². The highest BCUT2D eigenvalue weighted by Crippen LogP contribution is 2.20. The third-order valence-corrected chi connectivity index (χ3v) is 2.72. The van der Waals surface area contributed by atoms with Gasteiger partial charge in [0.2, 0.25) is 0 Å². The average Bonchev–Trinajstić information content (AvgIpc) is 2.24. The zero-order chi connectivity index (χ0) is 13.0. The molecule has 0 radical (unpaired) electrons. The Morgan fingerprint density at radius 1 is 1.41 bits per heavy atom. The lowest BCUT2D eigenvalue weighted by molar-refractivity contribution is 0.0722. The summed E-state index contributed by atoms with van der Waals surface area (Å²) in [4.78, 5) is 13.0. The van der Waals surface area contributed by atoms with Crippen molar-refractivity contribution in [1.82, 2.24) is 4.90 Å². The van der Waals surface area contributed by atoms with Gasteiger partial charge in [0.05, 0.1) is 6.61 Å². The van der Waals surface area contributed by atoms with Crippen LogP contribution in [0.4, 0.5) is 8.78 Å². The fraction of sp³-hybridized carbons (Fsp3) is 0.364. The molecule has 0 spiro atoms. The van der Waals surface area contributed by atoms with Crippen LogP contribution in [0.2, 0.25) is 0 Å². The zero-order valence-corrected chi connectivity index (χ0v) is 10.8. The van der Waals surface area contributed by atoms with E-state index < -0.39 is 23.1 Å². The minimum absolute atomic E-state index is 0.0459. The number of rotatable bonds is 4. The topological polar surface area (TPSA) is 40.5 Å². The molecule has 3 nitrogen and oxygen atoms in total. The molecular weight excluding hydrogens is 296 g/mol. The van der Waals surface area contributed by atoms with Gasteiger partial charge in [0, 0.05) is 17.6 Å². The van der Waals surface area contributed by atoms with Crippen molar-refractivity contribution >= 4 is 21.8 Å². The molecule has 0 atom stereocenters. The molecule has 17 heavy (non-hydrogen) atoms. The maximum atomic E-state index is 13.5. The first-order valence-electron chi connectivity index (χ1n) is 5.06. The van der Waals surface area contributed by atoms with Crippen LogP contribution < -0.4 is 0 Å². The van der Waals surface area contributed by atoms with Gasteiger partial charge in [0.25, 0.3) is 5.91 Å². The summed E-state index contributed by atoms with van der Waals surface area (Å²) in [6.07, 6.45) is 0. The largest absolute Gasteiger partial charge is 0.395 e. The Morgan fingerprint density at radius 3 is 2.35 bits per heavy atom. The Balaban J connectivity index is 3.11. The first-order chi connectivity index (χ1) is 8.01. The SMILES string of the molecule is CCN(CCO)C(=O)c1c(F)cc(Br)cc1F. The predicted molar refractivity (Wildman–Crippen MR) is 62.7 cm³/mol. The van der Waals surface area contributed by atoms with E-state index in [9.17, 15) is 13.6 Å². The summed E-state index contributed by atoms with van der Waals surface area (Å²) in [7, 11) is 0. The van der Waals surface area contributed by atoms with Gasteiger partial charge in [0.15, 0.2) is 0 Å². The number of aliphatic hydroxyl groups excluding tert-OH is 1. The fourth-order valence-electron chi connectivity index (χ4n) is 1.43. The first-order valence-corrected chi connectivity index (χ1v) is 5.85. The number of likely N-dealkylation sites (N-methyl/N-ethyl adjacent to an activating group) is 1. The second kappa shape index (κ2) is 6.07. The van der Waals surface area contributed by atoms with Crippen LogP contribution >= 0.6 is 15.9 Å². The predicted octanol–water partition coefficient (Wildman–Crippen LogP) is 2.18. The van der Waals surface area contributed by atoms with Crippen molar-refractivity contribution in [2.45, 2.75) is 6.92 Å². The number of benzene rings is 1. The van der Waals surface area contributed by atoms with E-state index in [1.807, 2.05) is 0 Å². The highest BCUT2D eigenvalue weighted by Gasteiger charge is 2.22. The van der Waals surface area contributed by atoms with Crippen LogP contribution in [-0.4, -0.2) is 35.6 Å². The number of halogens is 3. The van der Waals surface area contributed by atoms with Crippen LogP contribution in [0.3, 0.4) is 0 Å². The minimum Gasteiger partial charge on any atom is -0.395 e. The Labute approximate surface area is 106 Å². The third kappa shape index (κ3) is 3.23. The lowest BCUT2D eigenvalue weighted by Gasteiger charge is -2.20. The summed E-state index contributed by atoms with van der Waals surface area (Å²) >= 11 is 2.94. The van der Waals surface area contributed by atoms with Crippen molar-refractivity contribution in [3.8, 4) is 0 Å². The van der Waals surface area contributed by atoms with Gasteiger partial charge in [0.1, 0.15) is 17.2 Å². The van der Waals surface area contributed by atoms with Crippen molar-refractivity contribution in [2.24, 2.45) is 0 Å². The van der Waals surface area contributed by atoms with Gasteiger partial charge in [-0.2, -0.15) is 0 Å². The fourth-order valence-corrected chi connectivity index (χ4v) is 1.83. The Kier molecular flexibility index (Phi) is 5.02. The molecule has 1 aromatic carbocycles. The zero-order valence-electron chi connectivity index (χ0n) is 9.21. The second-order valence-corrected chi connectivity index (χ2v) is 4.27. The van der Waals surface area contributed by atoms with Gasteiger partial charge in [-0.25, -0.2) is 8.78 Å². The van der Waals surface area contributed by atoms with E-state index in [-0.39, 0.29) is 24.2 Å². The summed E-state index contributed by atoms with van der Waals surface area (Å²) in [5.74, 6) is -2.60. The molecule has 0 aliphatic heterocycles. The summed E-state index contributed by atoms with van der Waals surface area (Å²) < 4.78 is 27.3. The Hall–Kier alpha value is -1.01. The molecule has 0 heterocycles. The highest BCUT2D eigenvalue weighted by atomic mass is 79.9. The maximum absolute atomic E-state index is 13.5. The molecule has 1 aromatic rings. The standard InChI is InChI=1S/C11H12BrF2NO2/c1-2-15(3-4-16)11(17)10-8(13)5-7(12)6-9(10)14/h5-6,16H,2-4H2,1H3. The molecular formula is C11H12BrF2NO2. The second-order valence-electron chi connectivity index (χ2n) is 3.35. The number of amides is 1.